The predicted molar refractivity (Wildman–Crippen MR) is 62.8 cm³/mol. The zero-order chi connectivity index (χ0) is 13.1. The Balaban J connectivity index is 2.09. The molecule has 0 aromatic carbocycles. The highest BCUT2D eigenvalue weighted by atomic mass is 16.4. The third-order valence-corrected chi connectivity index (χ3v) is 3.61. The summed E-state index contributed by atoms with van der Waals surface area (Å²) in [6.45, 7) is 0.474. The second-order valence-electron chi connectivity index (χ2n) is 4.89. The SMILES string of the molecule is O=C1CC[C@@H](C(=O)N2CCCCCC2C(=O)O)N1. The van der Waals surface area contributed by atoms with Gasteiger partial charge in [-0.05, 0) is 19.3 Å². The van der Waals surface area contributed by atoms with Crippen molar-refractivity contribution in [2.24, 2.45) is 0 Å². The summed E-state index contributed by atoms with van der Waals surface area (Å²) < 4.78 is 0. The van der Waals surface area contributed by atoms with E-state index in [4.69, 9.17) is 0 Å². The number of hydrogen-bond donors (Lipinski definition) is 2. The molecule has 2 amide bonds. The standard InChI is InChI=1S/C12H18N2O4/c15-10-6-5-8(13-10)11(16)14-7-3-1-2-4-9(14)12(17)18/h8-9H,1-7H2,(H,13,15)(H,17,18)/t8-,9?/m0/s1. The van der Waals surface area contributed by atoms with Crippen molar-refractivity contribution < 1.29 is 19.5 Å². The van der Waals surface area contributed by atoms with E-state index in [1.54, 1.807) is 0 Å². The minimum absolute atomic E-state index is 0.130. The van der Waals surface area contributed by atoms with E-state index in [1.165, 1.54) is 4.90 Å². The smallest absolute Gasteiger partial charge is 0.326 e. The largest absolute Gasteiger partial charge is 0.480 e. The van der Waals surface area contributed by atoms with E-state index in [-0.39, 0.29) is 11.8 Å². The first kappa shape index (κ1) is 12.9. The zero-order valence-corrected chi connectivity index (χ0v) is 10.2. The van der Waals surface area contributed by atoms with Crippen LogP contribution in [0.15, 0.2) is 0 Å². The molecular formula is C12H18N2O4. The molecule has 0 aromatic rings. The number of hydrogen-bond acceptors (Lipinski definition) is 3. The summed E-state index contributed by atoms with van der Waals surface area (Å²) in [7, 11) is 0. The molecule has 0 aliphatic carbocycles. The molecular weight excluding hydrogens is 236 g/mol. The summed E-state index contributed by atoms with van der Waals surface area (Å²) in [5.74, 6) is -1.32. The van der Waals surface area contributed by atoms with Crippen molar-refractivity contribution in [2.75, 3.05) is 6.54 Å². The number of aliphatic carboxylic acids is 1. The fraction of sp³-hybridized carbons (Fsp3) is 0.750. The van der Waals surface area contributed by atoms with Gasteiger partial charge in [-0.15, -0.1) is 0 Å². The first-order valence-corrected chi connectivity index (χ1v) is 6.42. The Bertz CT molecular complexity index is 369. The molecule has 2 N–H and O–H groups in total. The van der Waals surface area contributed by atoms with E-state index in [0.29, 0.717) is 25.8 Å². The summed E-state index contributed by atoms with van der Waals surface area (Å²) in [6.07, 6.45) is 3.93. The van der Waals surface area contributed by atoms with Crippen LogP contribution in [0, 0.1) is 0 Å². The number of likely N-dealkylation sites (tertiary alicyclic amines) is 1. The van der Waals surface area contributed by atoms with Crippen LogP contribution in [-0.4, -0.2) is 46.4 Å². The molecule has 2 heterocycles. The molecule has 6 nitrogen and oxygen atoms in total. The molecule has 0 radical (unpaired) electrons. The lowest BCUT2D eigenvalue weighted by molar-refractivity contribution is -0.151. The summed E-state index contributed by atoms with van der Waals surface area (Å²) in [4.78, 5) is 36.0. The third kappa shape index (κ3) is 2.63. The van der Waals surface area contributed by atoms with Gasteiger partial charge in [0.05, 0.1) is 0 Å². The third-order valence-electron chi connectivity index (χ3n) is 3.61. The van der Waals surface area contributed by atoms with Gasteiger partial charge in [0.1, 0.15) is 12.1 Å². The monoisotopic (exact) mass is 254 g/mol. The molecule has 18 heavy (non-hydrogen) atoms. The first-order chi connectivity index (χ1) is 8.59. The van der Waals surface area contributed by atoms with Gasteiger partial charge in [0, 0.05) is 13.0 Å². The van der Waals surface area contributed by atoms with Crippen molar-refractivity contribution in [2.45, 2.75) is 50.6 Å². The molecule has 2 saturated heterocycles. The minimum atomic E-state index is -0.949. The molecule has 0 saturated carbocycles. The summed E-state index contributed by atoms with van der Waals surface area (Å²) in [5, 5.41) is 11.8. The van der Waals surface area contributed by atoms with Crippen LogP contribution < -0.4 is 5.32 Å². The van der Waals surface area contributed by atoms with Gasteiger partial charge in [0.2, 0.25) is 11.8 Å². The second kappa shape index (κ2) is 5.37. The highest BCUT2D eigenvalue weighted by molar-refractivity contribution is 5.92. The molecule has 2 aliphatic rings. The van der Waals surface area contributed by atoms with Crippen molar-refractivity contribution in [1.82, 2.24) is 10.2 Å². The van der Waals surface area contributed by atoms with Gasteiger partial charge >= 0.3 is 5.97 Å². The van der Waals surface area contributed by atoms with E-state index in [0.717, 1.165) is 19.3 Å². The van der Waals surface area contributed by atoms with Crippen molar-refractivity contribution in [3.8, 4) is 0 Å². The number of carbonyl (C=O) groups excluding carboxylic acids is 2. The number of carboxylic acid groups (broad SMARTS) is 1. The van der Waals surface area contributed by atoms with E-state index >= 15 is 0 Å². The Morgan fingerprint density at radius 1 is 1.22 bits per heavy atom. The van der Waals surface area contributed by atoms with Crippen LogP contribution in [0.3, 0.4) is 0 Å². The van der Waals surface area contributed by atoms with Gasteiger partial charge in [-0.2, -0.15) is 0 Å². The van der Waals surface area contributed by atoms with E-state index < -0.39 is 18.1 Å². The van der Waals surface area contributed by atoms with Crippen LogP contribution in [0.2, 0.25) is 0 Å². The van der Waals surface area contributed by atoms with Crippen molar-refractivity contribution in [1.29, 1.82) is 0 Å². The molecule has 1 unspecified atom stereocenters. The Kier molecular flexibility index (Phi) is 3.84. The lowest BCUT2D eigenvalue weighted by atomic mass is 10.1. The number of nitrogens with one attached hydrogen (secondary N) is 1. The van der Waals surface area contributed by atoms with Crippen molar-refractivity contribution >= 4 is 17.8 Å². The van der Waals surface area contributed by atoms with Gasteiger partial charge in [-0.25, -0.2) is 4.79 Å². The van der Waals surface area contributed by atoms with Crippen LogP contribution in [0.4, 0.5) is 0 Å². The number of nitrogens with zero attached hydrogens (tertiary/aromatic N) is 1. The molecule has 2 fully saturated rings. The van der Waals surface area contributed by atoms with Gasteiger partial charge in [-0.1, -0.05) is 12.8 Å². The quantitative estimate of drug-likeness (QED) is 0.733. The predicted octanol–water partition coefficient (Wildman–Crippen LogP) is 0.121. The van der Waals surface area contributed by atoms with E-state index in [1.807, 2.05) is 0 Å². The fourth-order valence-electron chi connectivity index (χ4n) is 2.63. The average Bonchev–Trinajstić information content (AvgIpc) is 2.63. The van der Waals surface area contributed by atoms with E-state index in [2.05, 4.69) is 5.32 Å². The number of carbonyl (C=O) groups is 3. The maximum Gasteiger partial charge on any atom is 0.326 e. The normalized spacial score (nSPS) is 28.7. The molecule has 2 aliphatic heterocycles. The van der Waals surface area contributed by atoms with E-state index in [9.17, 15) is 19.5 Å². The van der Waals surface area contributed by atoms with Crippen LogP contribution >= 0.6 is 0 Å². The number of amides is 2. The Labute approximate surface area is 105 Å². The molecule has 100 valence electrons. The van der Waals surface area contributed by atoms with Gasteiger partial charge in [0.15, 0.2) is 0 Å². The first-order valence-electron chi connectivity index (χ1n) is 6.42. The number of rotatable bonds is 2. The minimum Gasteiger partial charge on any atom is -0.480 e. The van der Waals surface area contributed by atoms with Gasteiger partial charge < -0.3 is 15.3 Å². The lowest BCUT2D eigenvalue weighted by Crippen LogP contribution is -2.51. The highest BCUT2D eigenvalue weighted by Gasteiger charge is 2.36. The van der Waals surface area contributed by atoms with Gasteiger partial charge in [0.25, 0.3) is 0 Å². The van der Waals surface area contributed by atoms with Gasteiger partial charge in [-0.3, -0.25) is 9.59 Å². The second-order valence-corrected chi connectivity index (χ2v) is 4.89. The van der Waals surface area contributed by atoms with Crippen LogP contribution in [0.1, 0.15) is 38.5 Å². The fourth-order valence-corrected chi connectivity index (χ4v) is 2.63. The summed E-state index contributed by atoms with van der Waals surface area (Å²) in [5.41, 5.74) is 0. The molecule has 0 aromatic heterocycles. The van der Waals surface area contributed by atoms with Crippen LogP contribution in [0.5, 0.6) is 0 Å². The Morgan fingerprint density at radius 3 is 2.61 bits per heavy atom. The van der Waals surface area contributed by atoms with Crippen LogP contribution in [-0.2, 0) is 14.4 Å². The Hall–Kier alpha value is -1.59. The van der Waals surface area contributed by atoms with Crippen molar-refractivity contribution in [3.05, 3.63) is 0 Å². The number of carboxylic acids is 1. The lowest BCUT2D eigenvalue weighted by Gasteiger charge is -2.29. The average molecular weight is 254 g/mol. The Morgan fingerprint density at radius 2 is 2.00 bits per heavy atom. The highest BCUT2D eigenvalue weighted by Crippen LogP contribution is 2.20. The molecule has 2 rings (SSSR count). The molecule has 0 bridgehead atoms. The topological polar surface area (TPSA) is 86.7 Å². The van der Waals surface area contributed by atoms with Crippen molar-refractivity contribution in [3.63, 3.8) is 0 Å². The molecule has 2 atom stereocenters. The molecule has 6 heteroatoms. The maximum absolute atomic E-state index is 12.3. The summed E-state index contributed by atoms with van der Waals surface area (Å²) in [6, 6.07) is -1.27. The van der Waals surface area contributed by atoms with Crippen LogP contribution in [0.25, 0.3) is 0 Å². The maximum atomic E-state index is 12.3. The zero-order valence-electron chi connectivity index (χ0n) is 10.2. The summed E-state index contributed by atoms with van der Waals surface area (Å²) >= 11 is 0. The molecule has 0 spiro atoms.